The lowest BCUT2D eigenvalue weighted by Crippen LogP contribution is -2.49. The number of amidine groups is 1. The number of sulfonamides is 1. The van der Waals surface area contributed by atoms with Gasteiger partial charge in [-0.15, -0.1) is 0 Å². The topological polar surface area (TPSA) is 87.2 Å². The van der Waals surface area contributed by atoms with Gasteiger partial charge in [0.25, 0.3) is 0 Å². The standard InChI is InChI=1S/C19H21N3O2S/c20-18-19(11-5-6-12-19)15-8-2-1-7-14(15)13-22(18)16-9-3-4-10-17(16)25(21,23)24/h1-4,7-10,20H,5-6,11-13H2,(H2,21,23,24). The minimum Gasteiger partial charge on any atom is -0.324 e. The number of benzene rings is 2. The van der Waals surface area contributed by atoms with Crippen LogP contribution in [0.2, 0.25) is 0 Å². The third kappa shape index (κ3) is 2.48. The Morgan fingerprint density at radius 1 is 1.00 bits per heavy atom. The third-order valence-corrected chi connectivity index (χ3v) is 6.46. The van der Waals surface area contributed by atoms with E-state index in [0.717, 1.165) is 31.2 Å². The predicted molar refractivity (Wildman–Crippen MR) is 98.3 cm³/mol. The van der Waals surface area contributed by atoms with Crippen LogP contribution < -0.4 is 10.0 Å². The maximum atomic E-state index is 12.0. The second-order valence-electron chi connectivity index (χ2n) is 6.89. The van der Waals surface area contributed by atoms with Gasteiger partial charge in [-0.1, -0.05) is 49.2 Å². The first-order valence-electron chi connectivity index (χ1n) is 8.50. The van der Waals surface area contributed by atoms with E-state index >= 15 is 0 Å². The summed E-state index contributed by atoms with van der Waals surface area (Å²) < 4.78 is 24.1. The number of para-hydroxylation sites is 1. The van der Waals surface area contributed by atoms with E-state index in [0.29, 0.717) is 18.1 Å². The smallest absolute Gasteiger partial charge is 0.240 e. The molecule has 1 fully saturated rings. The first kappa shape index (κ1) is 16.3. The van der Waals surface area contributed by atoms with Crippen molar-refractivity contribution in [2.24, 2.45) is 5.14 Å². The second kappa shape index (κ2) is 5.68. The molecule has 0 amide bonds. The summed E-state index contributed by atoms with van der Waals surface area (Å²) in [6, 6.07) is 14.9. The van der Waals surface area contributed by atoms with E-state index in [9.17, 15) is 8.42 Å². The third-order valence-electron chi connectivity index (χ3n) is 5.50. The molecule has 1 heterocycles. The lowest BCUT2D eigenvalue weighted by atomic mass is 9.72. The fourth-order valence-electron chi connectivity index (χ4n) is 4.37. The van der Waals surface area contributed by atoms with Crippen molar-refractivity contribution in [1.29, 1.82) is 5.41 Å². The normalized spacial score (nSPS) is 19.2. The van der Waals surface area contributed by atoms with Gasteiger partial charge in [0.2, 0.25) is 10.0 Å². The first-order chi connectivity index (χ1) is 11.9. The van der Waals surface area contributed by atoms with Crippen molar-refractivity contribution in [2.75, 3.05) is 4.90 Å². The summed E-state index contributed by atoms with van der Waals surface area (Å²) in [5.74, 6) is 0.486. The number of rotatable bonds is 2. The van der Waals surface area contributed by atoms with Crippen LogP contribution in [0.1, 0.15) is 36.8 Å². The van der Waals surface area contributed by atoms with Gasteiger partial charge in [0.05, 0.1) is 11.1 Å². The van der Waals surface area contributed by atoms with Crippen molar-refractivity contribution >= 4 is 21.5 Å². The maximum Gasteiger partial charge on any atom is 0.240 e. The first-order valence-corrected chi connectivity index (χ1v) is 10.0. The molecule has 0 bridgehead atoms. The Balaban J connectivity index is 1.91. The largest absolute Gasteiger partial charge is 0.324 e. The Labute approximate surface area is 148 Å². The van der Waals surface area contributed by atoms with E-state index in [1.165, 1.54) is 11.6 Å². The summed E-state index contributed by atoms with van der Waals surface area (Å²) in [6.45, 7) is 0.489. The predicted octanol–water partition coefficient (Wildman–Crippen LogP) is 3.14. The van der Waals surface area contributed by atoms with Gasteiger partial charge in [-0.2, -0.15) is 0 Å². The molecule has 1 saturated carbocycles. The molecule has 0 aromatic heterocycles. The van der Waals surface area contributed by atoms with Gasteiger partial charge in [-0.25, -0.2) is 13.6 Å². The van der Waals surface area contributed by atoms with Gasteiger partial charge in [0.1, 0.15) is 10.7 Å². The van der Waals surface area contributed by atoms with Crippen LogP contribution in [-0.4, -0.2) is 14.3 Å². The van der Waals surface area contributed by atoms with Crippen molar-refractivity contribution < 1.29 is 8.42 Å². The minimum atomic E-state index is -3.86. The van der Waals surface area contributed by atoms with E-state index in [-0.39, 0.29) is 10.3 Å². The Kier molecular flexibility index (Phi) is 3.70. The SMILES string of the molecule is N=C1N(c2ccccc2S(N)(=O)=O)Cc2ccccc2C12CCCC2. The zero-order valence-corrected chi connectivity index (χ0v) is 14.7. The monoisotopic (exact) mass is 355 g/mol. The Hall–Kier alpha value is -2.18. The highest BCUT2D eigenvalue weighted by molar-refractivity contribution is 7.89. The van der Waals surface area contributed by atoms with E-state index in [2.05, 4.69) is 12.1 Å². The average Bonchev–Trinajstić information content (AvgIpc) is 3.08. The molecular weight excluding hydrogens is 334 g/mol. The van der Waals surface area contributed by atoms with Crippen LogP contribution in [0.15, 0.2) is 53.4 Å². The number of hydrogen-bond acceptors (Lipinski definition) is 3. The summed E-state index contributed by atoms with van der Waals surface area (Å²) in [4.78, 5) is 1.90. The molecular formula is C19H21N3O2S. The van der Waals surface area contributed by atoms with E-state index in [1.807, 2.05) is 17.0 Å². The molecule has 1 spiro atoms. The molecule has 0 radical (unpaired) electrons. The van der Waals surface area contributed by atoms with Crippen LogP contribution in [0.25, 0.3) is 0 Å². The number of primary sulfonamides is 1. The van der Waals surface area contributed by atoms with Crippen molar-refractivity contribution in [1.82, 2.24) is 0 Å². The summed E-state index contributed by atoms with van der Waals surface area (Å²) in [6.07, 6.45) is 4.02. The van der Waals surface area contributed by atoms with Gasteiger partial charge in [-0.05, 0) is 36.1 Å². The molecule has 0 unspecified atom stereocenters. The van der Waals surface area contributed by atoms with Crippen molar-refractivity contribution in [3.8, 4) is 0 Å². The molecule has 0 atom stereocenters. The Morgan fingerprint density at radius 2 is 1.64 bits per heavy atom. The molecule has 0 saturated heterocycles. The highest BCUT2D eigenvalue weighted by Crippen LogP contribution is 2.48. The van der Waals surface area contributed by atoms with Crippen LogP contribution in [0.5, 0.6) is 0 Å². The summed E-state index contributed by atoms with van der Waals surface area (Å²) in [7, 11) is -3.86. The molecule has 1 aliphatic carbocycles. The quantitative estimate of drug-likeness (QED) is 0.867. The number of fused-ring (bicyclic) bond motifs is 2. The number of nitrogens with zero attached hydrogens (tertiary/aromatic N) is 1. The average molecular weight is 355 g/mol. The second-order valence-corrected chi connectivity index (χ2v) is 8.42. The minimum absolute atomic E-state index is 0.0762. The van der Waals surface area contributed by atoms with Crippen molar-refractivity contribution in [3.05, 3.63) is 59.7 Å². The summed E-state index contributed by atoms with van der Waals surface area (Å²) >= 11 is 0. The van der Waals surface area contributed by atoms with Gasteiger partial charge in [-0.3, -0.25) is 5.41 Å². The Bertz CT molecular complexity index is 947. The lowest BCUT2D eigenvalue weighted by molar-refractivity contribution is 0.556. The molecule has 1 aliphatic heterocycles. The zero-order chi connectivity index (χ0) is 17.7. The maximum absolute atomic E-state index is 12.0. The van der Waals surface area contributed by atoms with Gasteiger partial charge in [0, 0.05) is 6.54 Å². The molecule has 4 rings (SSSR count). The van der Waals surface area contributed by atoms with Gasteiger partial charge < -0.3 is 4.90 Å². The number of nitrogens with one attached hydrogen (secondary N) is 1. The number of anilines is 1. The van der Waals surface area contributed by atoms with E-state index in [4.69, 9.17) is 10.5 Å². The number of nitrogens with two attached hydrogens (primary N) is 1. The fourth-order valence-corrected chi connectivity index (χ4v) is 5.11. The molecule has 25 heavy (non-hydrogen) atoms. The Morgan fingerprint density at radius 3 is 2.36 bits per heavy atom. The zero-order valence-electron chi connectivity index (χ0n) is 13.9. The van der Waals surface area contributed by atoms with Crippen molar-refractivity contribution in [2.45, 2.75) is 42.5 Å². The lowest BCUT2D eigenvalue weighted by Gasteiger charge is -2.44. The van der Waals surface area contributed by atoms with Gasteiger partial charge >= 0.3 is 0 Å². The molecule has 3 N–H and O–H groups in total. The van der Waals surface area contributed by atoms with Crippen LogP contribution in [0.3, 0.4) is 0 Å². The van der Waals surface area contributed by atoms with E-state index < -0.39 is 10.0 Å². The summed E-state index contributed by atoms with van der Waals surface area (Å²) in [5, 5.41) is 14.4. The van der Waals surface area contributed by atoms with Crippen LogP contribution >= 0.6 is 0 Å². The highest BCUT2D eigenvalue weighted by atomic mass is 32.2. The molecule has 2 aromatic carbocycles. The number of hydrogen-bond donors (Lipinski definition) is 2. The van der Waals surface area contributed by atoms with Gasteiger partial charge in [0.15, 0.2) is 0 Å². The molecule has 6 heteroatoms. The molecule has 2 aliphatic rings. The van der Waals surface area contributed by atoms with Crippen LogP contribution in [-0.2, 0) is 22.0 Å². The molecule has 130 valence electrons. The fraction of sp³-hybridized carbons (Fsp3) is 0.316. The molecule has 2 aromatic rings. The highest BCUT2D eigenvalue weighted by Gasteiger charge is 2.47. The van der Waals surface area contributed by atoms with Crippen LogP contribution in [0, 0.1) is 5.41 Å². The summed E-state index contributed by atoms with van der Waals surface area (Å²) in [5.41, 5.74) is 2.56. The van der Waals surface area contributed by atoms with Crippen molar-refractivity contribution in [3.63, 3.8) is 0 Å². The molecule has 5 nitrogen and oxygen atoms in total. The van der Waals surface area contributed by atoms with Crippen LogP contribution in [0.4, 0.5) is 5.69 Å². The van der Waals surface area contributed by atoms with E-state index in [1.54, 1.807) is 18.2 Å².